The van der Waals surface area contributed by atoms with Gasteiger partial charge in [0.15, 0.2) is 0 Å². The summed E-state index contributed by atoms with van der Waals surface area (Å²) in [5.74, 6) is 11.9. The number of aromatic nitrogens is 3. The van der Waals surface area contributed by atoms with Gasteiger partial charge < -0.3 is 4.98 Å². The van der Waals surface area contributed by atoms with Gasteiger partial charge in [0.1, 0.15) is 0 Å². The zero-order valence-electron chi connectivity index (χ0n) is 36.4. The summed E-state index contributed by atoms with van der Waals surface area (Å²) in [6.45, 7) is 9.24. The summed E-state index contributed by atoms with van der Waals surface area (Å²) in [6, 6.07) is 53.8. The number of imidazole rings is 1. The molecule has 4 heterocycles. The molecule has 9 aromatic rings. The van der Waals surface area contributed by atoms with Gasteiger partial charge in [-0.2, -0.15) is 0 Å². The number of hydrogen-bond acceptors (Lipinski definition) is 3. The van der Waals surface area contributed by atoms with Gasteiger partial charge in [0.05, 0.1) is 0 Å². The average Bonchev–Trinajstić information content (AvgIpc) is 3.84. The number of fused-ring (bicyclic) bond motifs is 6. The van der Waals surface area contributed by atoms with E-state index in [0.29, 0.717) is 11.8 Å². The van der Waals surface area contributed by atoms with Gasteiger partial charge in [0.25, 0.3) is 0 Å². The Kier molecular flexibility index (Phi) is 12.3. The fraction of sp³-hybridized carbons (Fsp3) is 0.222. The SMILES string of the molecule is CC(C)c1cc(-c2ccccc2)cc(C(C)C)c1-n1c(-c2[c-]ccc3c2oc2[c]4[c](ccc23)[Ge]([CH3])([CH3])[CH2][CH2][Ge]4([CH3])[CH3])nc2ccccc21.[Ir].[c-]1ccccc1-c1ccccn1. The van der Waals surface area contributed by atoms with Gasteiger partial charge in [-0.1, -0.05) is 42.5 Å². The number of benzene rings is 6. The fourth-order valence-electron chi connectivity index (χ4n) is 9.20. The van der Waals surface area contributed by atoms with E-state index in [9.17, 15) is 0 Å². The van der Waals surface area contributed by atoms with Crippen molar-refractivity contribution in [3.8, 4) is 39.5 Å². The summed E-state index contributed by atoms with van der Waals surface area (Å²) in [7, 11) is 0. The zero-order valence-corrected chi connectivity index (χ0v) is 43.0. The monoisotopic (exact) mass is 1100 g/mol. The predicted molar refractivity (Wildman–Crippen MR) is 259 cm³/mol. The number of hydrogen-bond donors (Lipinski definition) is 0. The summed E-state index contributed by atoms with van der Waals surface area (Å²) < 4.78 is 12.9. The first kappa shape index (κ1) is 43.1. The van der Waals surface area contributed by atoms with E-state index in [-0.39, 0.29) is 20.1 Å². The summed E-state index contributed by atoms with van der Waals surface area (Å²) in [5.41, 5.74) is 13.5. The van der Waals surface area contributed by atoms with Crippen molar-refractivity contribution in [3.63, 3.8) is 0 Å². The molecule has 0 N–H and O–H groups in total. The first-order valence-corrected chi connectivity index (χ1v) is 34.9. The Hall–Kier alpha value is -4.52. The van der Waals surface area contributed by atoms with Crippen molar-refractivity contribution in [2.45, 2.75) is 73.1 Å². The van der Waals surface area contributed by atoms with Crippen LogP contribution in [0.2, 0.25) is 33.5 Å². The maximum absolute atomic E-state index is 7.18. The van der Waals surface area contributed by atoms with Crippen LogP contribution in [0.4, 0.5) is 0 Å². The third kappa shape index (κ3) is 8.04. The van der Waals surface area contributed by atoms with Crippen molar-refractivity contribution in [1.29, 1.82) is 0 Å². The minimum atomic E-state index is -2.27. The summed E-state index contributed by atoms with van der Waals surface area (Å²) in [4.78, 5) is 9.61. The molecule has 10 rings (SSSR count). The molecule has 0 saturated heterocycles. The van der Waals surface area contributed by atoms with Crippen molar-refractivity contribution in [2.75, 3.05) is 0 Å². The Morgan fingerprint density at radius 1 is 0.639 bits per heavy atom. The standard InChI is InChI=1S/C43H45Ge2N2O.C11H8N.Ir/c1-27(2)34-25-30(29-15-10-9-11-16-29)26-35(28(3)4)40(34)47-38-20-13-12-19-37(38)46-43(47)33-18-14-17-31-32-21-22-36-39(42(32)48-41(31)33)45(7,8)24-23-44(36,5)6;1-2-6-10(7-3-1)11-8-4-5-9-12-11;/h9-17,19-22,25-28H,23-24H2,1-8H3;1-6,8-9H;/q2*-1;. The van der Waals surface area contributed by atoms with Gasteiger partial charge in [-0.25, -0.2) is 0 Å². The molecule has 0 bridgehead atoms. The van der Waals surface area contributed by atoms with Crippen LogP contribution >= 0.6 is 0 Å². The largest absolute Gasteiger partial charge is 0.305 e. The number of para-hydroxylation sites is 2. The maximum Gasteiger partial charge on any atom is 0.0160 e. The molecular weight excluding hydrogens is 1040 g/mol. The van der Waals surface area contributed by atoms with Crippen LogP contribution in [-0.2, 0) is 20.1 Å². The molecule has 6 aromatic carbocycles. The number of furan rings is 1. The Morgan fingerprint density at radius 2 is 1.31 bits per heavy atom. The molecule has 4 nitrogen and oxygen atoms in total. The minimum Gasteiger partial charge on any atom is -0.305 e. The molecule has 309 valence electrons. The van der Waals surface area contributed by atoms with Gasteiger partial charge in [0.2, 0.25) is 0 Å². The van der Waals surface area contributed by atoms with Gasteiger partial charge in [-0.3, -0.25) is 0 Å². The van der Waals surface area contributed by atoms with Crippen LogP contribution in [0.25, 0.3) is 72.4 Å². The molecule has 1 aliphatic heterocycles. The molecule has 0 saturated carbocycles. The van der Waals surface area contributed by atoms with Gasteiger partial charge in [-0.15, -0.1) is 35.9 Å². The van der Waals surface area contributed by atoms with Crippen LogP contribution in [0.15, 0.2) is 144 Å². The van der Waals surface area contributed by atoms with Crippen molar-refractivity contribution in [2.24, 2.45) is 0 Å². The Bertz CT molecular complexity index is 2920. The van der Waals surface area contributed by atoms with E-state index < -0.39 is 26.5 Å². The normalized spacial score (nSPS) is 14.2. The zero-order chi connectivity index (χ0) is 41.8. The summed E-state index contributed by atoms with van der Waals surface area (Å²) >= 11 is -4.38. The van der Waals surface area contributed by atoms with E-state index in [1.165, 1.54) is 49.2 Å². The van der Waals surface area contributed by atoms with E-state index in [1.807, 2.05) is 42.5 Å². The van der Waals surface area contributed by atoms with E-state index in [2.05, 4.69) is 163 Å². The Balaban J connectivity index is 0.000000340. The maximum atomic E-state index is 7.18. The predicted octanol–water partition coefficient (Wildman–Crippen LogP) is 13.7. The third-order valence-corrected chi connectivity index (χ3v) is 30.0. The van der Waals surface area contributed by atoms with E-state index in [4.69, 9.17) is 9.40 Å². The van der Waals surface area contributed by atoms with Gasteiger partial charge >= 0.3 is 261 Å². The van der Waals surface area contributed by atoms with Gasteiger partial charge in [0, 0.05) is 26.3 Å². The Morgan fingerprint density at radius 3 is 2.00 bits per heavy atom. The number of nitrogens with zero attached hydrogens (tertiary/aromatic N) is 3. The van der Waals surface area contributed by atoms with E-state index >= 15 is 0 Å². The van der Waals surface area contributed by atoms with E-state index in [0.717, 1.165) is 44.8 Å². The molecule has 7 heteroatoms. The molecule has 0 atom stereocenters. The van der Waals surface area contributed by atoms with Crippen LogP contribution in [0, 0.1) is 12.1 Å². The molecule has 1 aliphatic rings. The van der Waals surface area contributed by atoms with Crippen LogP contribution in [-0.4, -0.2) is 41.1 Å². The molecule has 61 heavy (non-hydrogen) atoms. The molecule has 0 spiro atoms. The van der Waals surface area contributed by atoms with Crippen LogP contribution in [0.5, 0.6) is 0 Å². The summed E-state index contributed by atoms with van der Waals surface area (Å²) in [6.07, 6.45) is 1.79. The van der Waals surface area contributed by atoms with Crippen LogP contribution in [0.1, 0.15) is 50.7 Å². The van der Waals surface area contributed by atoms with Crippen molar-refractivity contribution in [3.05, 3.63) is 163 Å². The average molecular weight is 1100 g/mol. The van der Waals surface area contributed by atoms with Crippen LogP contribution in [0.3, 0.4) is 0 Å². The van der Waals surface area contributed by atoms with Crippen molar-refractivity contribution in [1.82, 2.24) is 14.5 Å². The molecule has 0 fully saturated rings. The topological polar surface area (TPSA) is 43.9 Å². The second-order valence-corrected chi connectivity index (χ2v) is 38.3. The van der Waals surface area contributed by atoms with Crippen molar-refractivity contribution >= 4 is 68.3 Å². The number of pyridine rings is 1. The third-order valence-electron chi connectivity index (χ3n) is 12.6. The second kappa shape index (κ2) is 17.3. The minimum absolute atomic E-state index is 0. The Labute approximate surface area is 379 Å². The molecule has 1 radical (unpaired) electrons. The van der Waals surface area contributed by atoms with Crippen molar-refractivity contribution < 1.29 is 24.5 Å². The van der Waals surface area contributed by atoms with Gasteiger partial charge in [-0.05, 0) is 11.8 Å². The quantitative estimate of drug-likeness (QED) is 0.123. The molecule has 3 aromatic heterocycles. The fourth-order valence-corrected chi connectivity index (χ4v) is 40.1. The van der Waals surface area contributed by atoms with Crippen LogP contribution < -0.4 is 8.79 Å². The molecule has 0 amide bonds. The molecule has 0 aliphatic carbocycles. The molecule has 0 unspecified atom stereocenters. The first-order valence-electron chi connectivity index (χ1n) is 21.4. The number of rotatable bonds is 6. The first-order chi connectivity index (χ1) is 28.9. The van der Waals surface area contributed by atoms with E-state index in [1.54, 1.807) is 15.0 Å². The summed E-state index contributed by atoms with van der Waals surface area (Å²) in [5, 5.41) is 5.26. The second-order valence-electron chi connectivity index (χ2n) is 18.3. The molecular formula is C54H53Ge2IrN3O-2. The smallest absolute Gasteiger partial charge is 0.0160 e.